The van der Waals surface area contributed by atoms with Crippen molar-refractivity contribution >= 4 is 27.5 Å². The van der Waals surface area contributed by atoms with Crippen molar-refractivity contribution in [1.82, 2.24) is 4.98 Å². The summed E-state index contributed by atoms with van der Waals surface area (Å²) in [6.45, 7) is 2.39. The van der Waals surface area contributed by atoms with Gasteiger partial charge in [0.2, 0.25) is 5.88 Å². The summed E-state index contributed by atoms with van der Waals surface area (Å²) >= 11 is 9.46. The summed E-state index contributed by atoms with van der Waals surface area (Å²) in [4.78, 5) is 4.17. The van der Waals surface area contributed by atoms with E-state index in [1.165, 1.54) is 0 Å². The van der Waals surface area contributed by atoms with E-state index in [0.29, 0.717) is 23.2 Å². The van der Waals surface area contributed by atoms with Gasteiger partial charge in [0.1, 0.15) is 5.75 Å². The maximum absolute atomic E-state index is 6.06. The highest BCUT2D eigenvalue weighted by Crippen LogP contribution is 2.27. The van der Waals surface area contributed by atoms with Crippen LogP contribution in [0.1, 0.15) is 11.1 Å². The van der Waals surface area contributed by atoms with Gasteiger partial charge in [0.15, 0.2) is 0 Å². The molecule has 0 amide bonds. The Hall–Kier alpha value is -1.10. The summed E-state index contributed by atoms with van der Waals surface area (Å²) in [6, 6.07) is 7.27. The van der Waals surface area contributed by atoms with Crippen LogP contribution in [0.25, 0.3) is 0 Å². The fraction of sp³-hybridized carbons (Fsp3) is 0.154. The lowest BCUT2D eigenvalue weighted by Crippen LogP contribution is -1.97. The van der Waals surface area contributed by atoms with Crippen LogP contribution in [0.5, 0.6) is 11.6 Å². The lowest BCUT2D eigenvalue weighted by atomic mass is 10.2. The minimum absolute atomic E-state index is 0.411. The summed E-state index contributed by atoms with van der Waals surface area (Å²) in [5.74, 6) is 1.18. The third kappa shape index (κ3) is 3.02. The van der Waals surface area contributed by atoms with Crippen LogP contribution in [0, 0.1) is 6.92 Å². The molecule has 0 aliphatic heterocycles. The van der Waals surface area contributed by atoms with Crippen molar-refractivity contribution in [3.05, 3.63) is 51.1 Å². The molecule has 1 heterocycles. The molecule has 0 saturated carbocycles. The zero-order chi connectivity index (χ0) is 13.1. The Morgan fingerprint density at radius 1 is 1.39 bits per heavy atom. The van der Waals surface area contributed by atoms with Gasteiger partial charge in [0, 0.05) is 28.3 Å². The van der Waals surface area contributed by atoms with Crippen LogP contribution in [0.4, 0.5) is 0 Å². The van der Waals surface area contributed by atoms with Crippen molar-refractivity contribution in [1.29, 1.82) is 0 Å². The van der Waals surface area contributed by atoms with E-state index in [4.69, 9.17) is 22.1 Å². The first-order chi connectivity index (χ1) is 8.60. The second kappa shape index (κ2) is 5.69. The van der Waals surface area contributed by atoms with Crippen LogP contribution in [0.2, 0.25) is 5.02 Å². The molecule has 0 saturated heterocycles. The van der Waals surface area contributed by atoms with E-state index in [9.17, 15) is 0 Å². The highest BCUT2D eigenvalue weighted by molar-refractivity contribution is 9.10. The number of benzene rings is 1. The lowest BCUT2D eigenvalue weighted by molar-refractivity contribution is 0.462. The number of hydrogen-bond donors (Lipinski definition) is 1. The van der Waals surface area contributed by atoms with Gasteiger partial charge in [-0.3, -0.25) is 0 Å². The Balaban J connectivity index is 2.23. The SMILES string of the molecule is Cc1cc(Oc2ccc(CN)c(Cl)c2)ncc1Br. The van der Waals surface area contributed by atoms with Gasteiger partial charge in [-0.1, -0.05) is 17.7 Å². The van der Waals surface area contributed by atoms with E-state index < -0.39 is 0 Å². The number of halogens is 2. The quantitative estimate of drug-likeness (QED) is 0.925. The predicted molar refractivity (Wildman–Crippen MR) is 76.1 cm³/mol. The number of aryl methyl sites for hydroxylation is 1. The highest BCUT2D eigenvalue weighted by Gasteiger charge is 2.04. The first-order valence-electron chi connectivity index (χ1n) is 5.38. The minimum Gasteiger partial charge on any atom is -0.439 e. The van der Waals surface area contributed by atoms with Crippen LogP contribution in [0.3, 0.4) is 0 Å². The smallest absolute Gasteiger partial charge is 0.219 e. The van der Waals surface area contributed by atoms with Gasteiger partial charge >= 0.3 is 0 Å². The van der Waals surface area contributed by atoms with Gasteiger partial charge in [-0.15, -0.1) is 0 Å². The number of aromatic nitrogens is 1. The molecule has 0 unspecified atom stereocenters. The number of hydrogen-bond acceptors (Lipinski definition) is 3. The largest absolute Gasteiger partial charge is 0.439 e. The summed E-state index contributed by atoms with van der Waals surface area (Å²) in [7, 11) is 0. The van der Waals surface area contributed by atoms with E-state index in [1.807, 2.05) is 25.1 Å². The highest BCUT2D eigenvalue weighted by atomic mass is 79.9. The van der Waals surface area contributed by atoms with Gasteiger partial charge in [-0.2, -0.15) is 0 Å². The zero-order valence-electron chi connectivity index (χ0n) is 9.78. The van der Waals surface area contributed by atoms with Crippen LogP contribution in [-0.2, 0) is 6.54 Å². The fourth-order valence-electron chi connectivity index (χ4n) is 1.45. The topological polar surface area (TPSA) is 48.1 Å². The Morgan fingerprint density at radius 3 is 2.78 bits per heavy atom. The van der Waals surface area contributed by atoms with Crippen molar-refractivity contribution in [3.8, 4) is 11.6 Å². The first-order valence-corrected chi connectivity index (χ1v) is 6.55. The molecule has 18 heavy (non-hydrogen) atoms. The Morgan fingerprint density at radius 2 is 2.17 bits per heavy atom. The average Bonchev–Trinajstić information content (AvgIpc) is 2.34. The molecule has 0 spiro atoms. The maximum Gasteiger partial charge on any atom is 0.219 e. The summed E-state index contributed by atoms with van der Waals surface area (Å²) in [5, 5.41) is 0.601. The molecule has 3 nitrogen and oxygen atoms in total. The fourth-order valence-corrected chi connectivity index (χ4v) is 1.91. The van der Waals surface area contributed by atoms with Crippen LogP contribution >= 0.6 is 27.5 Å². The Bertz CT molecular complexity index is 575. The van der Waals surface area contributed by atoms with Gasteiger partial charge in [0.05, 0.1) is 0 Å². The Labute approximate surface area is 119 Å². The zero-order valence-corrected chi connectivity index (χ0v) is 12.1. The van der Waals surface area contributed by atoms with Gasteiger partial charge in [-0.05, 0) is 46.1 Å². The second-order valence-electron chi connectivity index (χ2n) is 3.83. The standard InChI is InChI=1S/C13H12BrClN2O/c1-8-4-13(17-7-11(8)14)18-10-3-2-9(6-16)12(15)5-10/h2-5,7H,6,16H2,1H3. The molecule has 0 fully saturated rings. The molecule has 1 aromatic heterocycles. The third-order valence-electron chi connectivity index (χ3n) is 2.49. The van der Waals surface area contributed by atoms with Crippen LogP contribution < -0.4 is 10.5 Å². The molecule has 2 aromatic rings. The third-order valence-corrected chi connectivity index (χ3v) is 3.67. The molecule has 5 heteroatoms. The molecule has 1 aromatic carbocycles. The van der Waals surface area contributed by atoms with Crippen molar-refractivity contribution in [2.75, 3.05) is 0 Å². The van der Waals surface area contributed by atoms with E-state index in [0.717, 1.165) is 15.6 Å². The Kier molecular flexibility index (Phi) is 4.22. The van der Waals surface area contributed by atoms with Crippen molar-refractivity contribution in [2.24, 2.45) is 5.73 Å². The van der Waals surface area contributed by atoms with Crippen LogP contribution in [-0.4, -0.2) is 4.98 Å². The molecule has 0 radical (unpaired) electrons. The van der Waals surface area contributed by atoms with Gasteiger partial charge < -0.3 is 10.5 Å². The monoisotopic (exact) mass is 326 g/mol. The normalized spacial score (nSPS) is 10.4. The molecule has 0 atom stereocenters. The number of rotatable bonds is 3. The van der Waals surface area contributed by atoms with Crippen molar-refractivity contribution in [3.63, 3.8) is 0 Å². The molecular weight excluding hydrogens is 316 g/mol. The van der Waals surface area contributed by atoms with Gasteiger partial charge in [0.25, 0.3) is 0 Å². The van der Waals surface area contributed by atoms with Crippen molar-refractivity contribution < 1.29 is 4.74 Å². The minimum atomic E-state index is 0.411. The van der Waals surface area contributed by atoms with Gasteiger partial charge in [-0.25, -0.2) is 4.98 Å². The first kappa shape index (κ1) is 13.3. The second-order valence-corrected chi connectivity index (χ2v) is 5.09. The number of nitrogens with zero attached hydrogens (tertiary/aromatic N) is 1. The van der Waals surface area contributed by atoms with E-state index in [1.54, 1.807) is 12.3 Å². The number of nitrogens with two attached hydrogens (primary N) is 1. The predicted octanol–water partition coefficient (Wildman–Crippen LogP) is 4.06. The van der Waals surface area contributed by atoms with Crippen LogP contribution in [0.15, 0.2) is 34.9 Å². The lowest BCUT2D eigenvalue weighted by Gasteiger charge is -2.08. The molecular formula is C13H12BrClN2O. The molecule has 0 aliphatic rings. The molecule has 0 bridgehead atoms. The molecule has 2 rings (SSSR count). The molecule has 0 aliphatic carbocycles. The molecule has 94 valence electrons. The number of ether oxygens (including phenoxy) is 1. The van der Waals surface area contributed by atoms with E-state index in [-0.39, 0.29) is 0 Å². The summed E-state index contributed by atoms with van der Waals surface area (Å²) in [6.07, 6.45) is 1.71. The number of pyridine rings is 1. The average molecular weight is 328 g/mol. The summed E-state index contributed by atoms with van der Waals surface area (Å²) in [5.41, 5.74) is 7.50. The maximum atomic E-state index is 6.06. The van der Waals surface area contributed by atoms with Crippen molar-refractivity contribution in [2.45, 2.75) is 13.5 Å². The summed E-state index contributed by atoms with van der Waals surface area (Å²) < 4.78 is 6.59. The van der Waals surface area contributed by atoms with E-state index in [2.05, 4.69) is 20.9 Å². The van der Waals surface area contributed by atoms with E-state index >= 15 is 0 Å². The molecule has 2 N–H and O–H groups in total.